The van der Waals surface area contributed by atoms with Crippen molar-refractivity contribution in [3.63, 3.8) is 0 Å². The van der Waals surface area contributed by atoms with Crippen LogP contribution in [0.3, 0.4) is 0 Å². The zero-order valence-corrected chi connectivity index (χ0v) is 15.5. The average molecular weight is 365 g/mol. The van der Waals surface area contributed by atoms with Gasteiger partial charge in [0, 0.05) is 5.69 Å². The summed E-state index contributed by atoms with van der Waals surface area (Å²) in [6, 6.07) is 17.7. The van der Waals surface area contributed by atoms with E-state index >= 15 is 0 Å². The molecule has 2 heterocycles. The molecule has 0 unspecified atom stereocenters. The summed E-state index contributed by atoms with van der Waals surface area (Å²) in [4.78, 5) is 30.5. The molecule has 1 saturated heterocycles. The molecule has 0 spiro atoms. The van der Waals surface area contributed by atoms with Crippen molar-refractivity contribution in [2.45, 2.75) is 13.0 Å². The minimum Gasteiger partial charge on any atom is -0.360 e. The van der Waals surface area contributed by atoms with Crippen LogP contribution < -0.4 is 20.0 Å². The molecule has 0 radical (unpaired) electrons. The van der Waals surface area contributed by atoms with Gasteiger partial charge in [0.1, 0.15) is 6.54 Å². The van der Waals surface area contributed by atoms with E-state index in [-0.39, 0.29) is 24.4 Å². The summed E-state index contributed by atoms with van der Waals surface area (Å²) in [5.74, 6) is -0.126. The van der Waals surface area contributed by atoms with Gasteiger partial charge in [-0.1, -0.05) is 30.3 Å². The number of nitrogens with zero attached hydrogens (tertiary/aromatic N) is 2. The third-order valence-electron chi connectivity index (χ3n) is 5.55. The first-order valence-corrected chi connectivity index (χ1v) is 9.48. The molecule has 4 rings (SSSR count). The van der Waals surface area contributed by atoms with E-state index in [0.717, 1.165) is 31.9 Å². The van der Waals surface area contributed by atoms with Crippen LogP contribution in [0.4, 0.5) is 17.1 Å². The second-order valence-corrected chi connectivity index (χ2v) is 7.19. The maximum atomic E-state index is 13.2. The number of carbonyl (C=O) groups is 2. The molecule has 6 heteroatoms. The molecular weight excluding hydrogens is 340 g/mol. The van der Waals surface area contributed by atoms with E-state index < -0.39 is 0 Å². The first-order valence-electron chi connectivity index (χ1n) is 9.48. The summed E-state index contributed by atoms with van der Waals surface area (Å²) >= 11 is 0. The van der Waals surface area contributed by atoms with Crippen LogP contribution in [0.1, 0.15) is 6.92 Å². The Hall–Kier alpha value is -2.86. The minimum absolute atomic E-state index is 0.0143. The number of carbonyl (C=O) groups excluding carboxylic acids is 2. The smallest absolute Gasteiger partial charge is 0.285 e. The molecule has 27 heavy (non-hydrogen) atoms. The number of amides is 2. The Bertz CT molecular complexity index is 831. The third kappa shape index (κ3) is 3.53. The van der Waals surface area contributed by atoms with Gasteiger partial charge in [-0.15, -0.1) is 0 Å². The van der Waals surface area contributed by atoms with E-state index in [1.807, 2.05) is 37.3 Å². The molecule has 0 bridgehead atoms. The van der Waals surface area contributed by atoms with E-state index in [1.165, 1.54) is 10.6 Å². The van der Waals surface area contributed by atoms with Gasteiger partial charge in [0.25, 0.3) is 5.91 Å². The van der Waals surface area contributed by atoms with Gasteiger partial charge in [0.15, 0.2) is 6.04 Å². The van der Waals surface area contributed by atoms with Crippen LogP contribution >= 0.6 is 0 Å². The lowest BCUT2D eigenvalue weighted by Crippen LogP contribution is -3.19. The van der Waals surface area contributed by atoms with Gasteiger partial charge in [0.05, 0.1) is 37.6 Å². The van der Waals surface area contributed by atoms with Crippen molar-refractivity contribution in [2.75, 3.05) is 47.8 Å². The summed E-state index contributed by atoms with van der Waals surface area (Å²) in [6.45, 7) is 5.73. The molecule has 6 nitrogen and oxygen atoms in total. The quantitative estimate of drug-likeness (QED) is 0.845. The van der Waals surface area contributed by atoms with Crippen molar-refractivity contribution >= 4 is 28.9 Å². The predicted octanol–water partition coefficient (Wildman–Crippen LogP) is 0.765. The highest BCUT2D eigenvalue weighted by atomic mass is 16.2. The second kappa shape index (κ2) is 7.40. The number of para-hydroxylation sites is 3. The zero-order chi connectivity index (χ0) is 18.8. The molecule has 2 aromatic rings. The van der Waals surface area contributed by atoms with Gasteiger partial charge in [-0.3, -0.25) is 14.5 Å². The van der Waals surface area contributed by atoms with Crippen molar-refractivity contribution in [3.8, 4) is 0 Å². The summed E-state index contributed by atoms with van der Waals surface area (Å²) in [5, 5.41) is 2.84. The van der Waals surface area contributed by atoms with Gasteiger partial charge in [-0.2, -0.15) is 0 Å². The molecular formula is C21H25N4O2+. The Morgan fingerprint density at radius 1 is 1.04 bits per heavy atom. The molecule has 2 aromatic carbocycles. The van der Waals surface area contributed by atoms with Gasteiger partial charge in [-0.05, 0) is 31.2 Å². The van der Waals surface area contributed by atoms with Gasteiger partial charge in [-0.25, -0.2) is 0 Å². The minimum atomic E-state index is -0.179. The third-order valence-corrected chi connectivity index (χ3v) is 5.55. The number of anilines is 3. The molecule has 1 atom stereocenters. The number of fused-ring (bicyclic) bond motifs is 1. The number of quaternary nitrogens is 1. The van der Waals surface area contributed by atoms with E-state index in [9.17, 15) is 9.59 Å². The van der Waals surface area contributed by atoms with Crippen LogP contribution in [0.25, 0.3) is 0 Å². The lowest BCUT2D eigenvalue weighted by Gasteiger charge is -2.38. The van der Waals surface area contributed by atoms with Gasteiger partial charge >= 0.3 is 0 Å². The molecule has 0 saturated carbocycles. The number of benzene rings is 2. The normalized spacial score (nSPS) is 18.6. The topological polar surface area (TPSA) is 57.1 Å². The van der Waals surface area contributed by atoms with Crippen LogP contribution in [-0.2, 0) is 9.59 Å². The summed E-state index contributed by atoms with van der Waals surface area (Å²) < 4.78 is 0. The van der Waals surface area contributed by atoms with E-state index in [0.29, 0.717) is 5.69 Å². The molecule has 2 amide bonds. The van der Waals surface area contributed by atoms with Crippen molar-refractivity contribution in [1.29, 1.82) is 0 Å². The number of hydrogen-bond acceptors (Lipinski definition) is 3. The van der Waals surface area contributed by atoms with E-state index in [4.69, 9.17) is 0 Å². The Balaban J connectivity index is 1.44. The highest BCUT2D eigenvalue weighted by molar-refractivity contribution is 6.10. The van der Waals surface area contributed by atoms with Crippen LogP contribution in [0.5, 0.6) is 0 Å². The molecule has 2 aliphatic rings. The first kappa shape index (κ1) is 17.5. The maximum absolute atomic E-state index is 13.2. The summed E-state index contributed by atoms with van der Waals surface area (Å²) in [6.07, 6.45) is 0. The Morgan fingerprint density at radius 2 is 1.70 bits per heavy atom. The van der Waals surface area contributed by atoms with E-state index in [2.05, 4.69) is 34.5 Å². The lowest BCUT2D eigenvalue weighted by molar-refractivity contribution is -0.914. The van der Waals surface area contributed by atoms with Crippen molar-refractivity contribution < 1.29 is 14.5 Å². The summed E-state index contributed by atoms with van der Waals surface area (Å²) in [5.41, 5.74) is 2.73. The largest absolute Gasteiger partial charge is 0.360 e. The summed E-state index contributed by atoms with van der Waals surface area (Å²) in [7, 11) is 0. The van der Waals surface area contributed by atoms with Crippen molar-refractivity contribution in [1.82, 2.24) is 0 Å². The zero-order valence-electron chi connectivity index (χ0n) is 15.5. The highest BCUT2D eigenvalue weighted by Gasteiger charge is 2.35. The lowest BCUT2D eigenvalue weighted by atomic mass is 10.1. The van der Waals surface area contributed by atoms with Gasteiger partial charge < -0.3 is 15.1 Å². The standard InChI is InChI=1S/C21H24N4O2/c1-16(23-11-13-24(14-12-23)17-7-3-2-4-8-17)21(27)25-15-20(26)22-18-9-5-6-10-19(18)25/h2-10,16H,11-15H2,1H3,(H,22,26)/p+1/t16-/m0/s1. The molecule has 1 fully saturated rings. The maximum Gasteiger partial charge on any atom is 0.285 e. The van der Waals surface area contributed by atoms with Crippen LogP contribution in [0, 0.1) is 0 Å². The fourth-order valence-electron chi connectivity index (χ4n) is 3.96. The number of rotatable bonds is 3. The molecule has 2 N–H and O–H groups in total. The number of hydrogen-bond donors (Lipinski definition) is 2. The predicted molar refractivity (Wildman–Crippen MR) is 106 cm³/mol. The van der Waals surface area contributed by atoms with Crippen LogP contribution in [-0.4, -0.2) is 50.6 Å². The number of nitrogens with one attached hydrogen (secondary N) is 2. The van der Waals surface area contributed by atoms with Crippen LogP contribution in [0.15, 0.2) is 54.6 Å². The van der Waals surface area contributed by atoms with Gasteiger partial charge in [0.2, 0.25) is 5.91 Å². The average Bonchev–Trinajstić information content (AvgIpc) is 2.73. The SMILES string of the molecule is C[C@@H](C(=O)N1CC(=O)Nc2ccccc21)[NH+]1CCN(c2ccccc2)CC1. The van der Waals surface area contributed by atoms with E-state index in [1.54, 1.807) is 4.90 Å². The van der Waals surface area contributed by atoms with Crippen molar-refractivity contribution in [2.24, 2.45) is 0 Å². The fraction of sp³-hybridized carbons (Fsp3) is 0.333. The Kier molecular flexibility index (Phi) is 4.81. The van der Waals surface area contributed by atoms with Crippen LogP contribution in [0.2, 0.25) is 0 Å². The molecule has 2 aliphatic heterocycles. The fourth-order valence-corrected chi connectivity index (χ4v) is 3.96. The van der Waals surface area contributed by atoms with Crippen molar-refractivity contribution in [3.05, 3.63) is 54.6 Å². The Labute approximate surface area is 159 Å². The second-order valence-electron chi connectivity index (χ2n) is 7.19. The molecule has 140 valence electrons. The first-order chi connectivity index (χ1) is 13.1. The Morgan fingerprint density at radius 3 is 2.44 bits per heavy atom. The number of piperazine rings is 1. The molecule has 0 aliphatic carbocycles. The monoisotopic (exact) mass is 365 g/mol. The molecule has 0 aromatic heterocycles. The highest BCUT2D eigenvalue weighted by Crippen LogP contribution is 2.29.